The Morgan fingerprint density at radius 2 is 2.04 bits per heavy atom. The van der Waals surface area contributed by atoms with Gasteiger partial charge in [-0.25, -0.2) is 4.18 Å². The molecule has 0 spiro atoms. The molecule has 1 heterocycles. The summed E-state index contributed by atoms with van der Waals surface area (Å²) in [5.41, 5.74) is -0.381. The lowest BCUT2D eigenvalue weighted by atomic mass is 9.99. The molecule has 10 heteroatoms. The minimum atomic E-state index is -4.33. The molecule has 1 aromatic rings. The van der Waals surface area contributed by atoms with Gasteiger partial charge in [-0.3, -0.25) is 10.1 Å². The molecule has 27 heavy (non-hydrogen) atoms. The lowest BCUT2D eigenvalue weighted by molar-refractivity contribution is -0.386. The molecule has 2 rings (SSSR count). The van der Waals surface area contributed by atoms with E-state index >= 15 is 0 Å². The Balaban J connectivity index is 2.06. The Morgan fingerprint density at radius 3 is 2.63 bits per heavy atom. The van der Waals surface area contributed by atoms with E-state index in [2.05, 4.69) is 0 Å². The molecule has 1 unspecified atom stereocenters. The van der Waals surface area contributed by atoms with Crippen molar-refractivity contribution < 1.29 is 31.2 Å². The van der Waals surface area contributed by atoms with Crippen molar-refractivity contribution >= 4 is 16.1 Å². The Kier molecular flexibility index (Phi) is 7.15. The number of hydrogen-bond acceptors (Lipinski definition) is 8. The highest BCUT2D eigenvalue weighted by atomic mass is 32.3. The predicted octanol–water partition coefficient (Wildman–Crippen LogP) is 3.32. The second kappa shape index (κ2) is 8.96. The molecule has 1 aromatic carbocycles. The first kappa shape index (κ1) is 21.5. The van der Waals surface area contributed by atoms with Gasteiger partial charge in [0.2, 0.25) is 0 Å². The molecule has 0 N–H and O–H groups in total. The van der Waals surface area contributed by atoms with E-state index in [-0.39, 0.29) is 36.4 Å². The van der Waals surface area contributed by atoms with Gasteiger partial charge in [0.05, 0.1) is 29.8 Å². The molecular formula is C17H25NO8S. The maximum atomic E-state index is 11.9. The van der Waals surface area contributed by atoms with Gasteiger partial charge < -0.3 is 13.7 Å². The summed E-state index contributed by atoms with van der Waals surface area (Å²) in [5, 5.41) is 11.3. The van der Waals surface area contributed by atoms with Crippen molar-refractivity contribution in [1.29, 1.82) is 0 Å². The monoisotopic (exact) mass is 403 g/mol. The number of hydrogen-bond donors (Lipinski definition) is 0. The Morgan fingerprint density at radius 1 is 1.30 bits per heavy atom. The molecule has 1 atom stereocenters. The Hall–Kier alpha value is -1.75. The first-order valence-electron chi connectivity index (χ1n) is 8.65. The van der Waals surface area contributed by atoms with E-state index in [1.54, 1.807) is 20.8 Å². The quantitative estimate of drug-likeness (QED) is 0.480. The number of benzene rings is 1. The van der Waals surface area contributed by atoms with Gasteiger partial charge in [-0.2, -0.15) is 8.42 Å². The van der Waals surface area contributed by atoms with Gasteiger partial charge in [-0.1, -0.05) is 20.8 Å². The van der Waals surface area contributed by atoms with Crippen molar-refractivity contribution in [2.45, 2.75) is 52.9 Å². The number of rotatable bonds is 8. The van der Waals surface area contributed by atoms with Gasteiger partial charge in [0.1, 0.15) is 0 Å². The third-order valence-electron chi connectivity index (χ3n) is 3.65. The third kappa shape index (κ3) is 7.41. The van der Waals surface area contributed by atoms with Crippen molar-refractivity contribution in [3.63, 3.8) is 0 Å². The fourth-order valence-electron chi connectivity index (χ4n) is 2.30. The molecule has 1 aliphatic rings. The highest BCUT2D eigenvalue weighted by Gasteiger charge is 2.23. The summed E-state index contributed by atoms with van der Waals surface area (Å²) < 4.78 is 44.4. The van der Waals surface area contributed by atoms with E-state index in [9.17, 15) is 18.5 Å². The summed E-state index contributed by atoms with van der Waals surface area (Å²) in [4.78, 5) is 10.7. The van der Waals surface area contributed by atoms with Crippen molar-refractivity contribution in [1.82, 2.24) is 0 Å². The second-order valence-electron chi connectivity index (χ2n) is 7.47. The molecule has 0 amide bonds. The van der Waals surface area contributed by atoms with Gasteiger partial charge >= 0.3 is 10.4 Å². The molecule has 1 saturated heterocycles. The molecule has 0 saturated carbocycles. The zero-order valence-corrected chi connectivity index (χ0v) is 16.5. The minimum Gasteiger partial charge on any atom is -0.361 e. The van der Waals surface area contributed by atoms with Crippen LogP contribution >= 0.6 is 0 Å². The predicted molar refractivity (Wildman–Crippen MR) is 96.4 cm³/mol. The van der Waals surface area contributed by atoms with Gasteiger partial charge in [-0.05, 0) is 36.8 Å². The van der Waals surface area contributed by atoms with Crippen LogP contribution in [0.15, 0.2) is 18.2 Å². The van der Waals surface area contributed by atoms with Crippen molar-refractivity contribution in [2.75, 3.05) is 13.2 Å². The highest BCUT2D eigenvalue weighted by Crippen LogP contribution is 2.28. The van der Waals surface area contributed by atoms with Gasteiger partial charge in [0.15, 0.2) is 12.0 Å². The Labute approximate surface area is 159 Å². The molecule has 152 valence electrons. The molecule has 1 aliphatic heterocycles. The maximum absolute atomic E-state index is 11.9. The smallest absolute Gasteiger partial charge is 0.361 e. The van der Waals surface area contributed by atoms with E-state index in [0.717, 1.165) is 25.3 Å². The second-order valence-corrected chi connectivity index (χ2v) is 8.69. The zero-order chi connectivity index (χ0) is 20.1. The summed E-state index contributed by atoms with van der Waals surface area (Å²) in [5.74, 6) is -0.201. The molecular weight excluding hydrogens is 378 g/mol. The highest BCUT2D eigenvalue weighted by molar-refractivity contribution is 7.82. The van der Waals surface area contributed by atoms with Crippen LogP contribution in [0.2, 0.25) is 0 Å². The van der Waals surface area contributed by atoms with Gasteiger partial charge in [0, 0.05) is 6.61 Å². The fourth-order valence-corrected chi connectivity index (χ4v) is 3.19. The topological polar surface area (TPSA) is 114 Å². The SMILES string of the molecule is CC(C)(C)COS(=O)(=O)Oc1ccc(COC2CCCCO2)c([N+](=O)[O-])c1. The van der Waals surface area contributed by atoms with Crippen molar-refractivity contribution in [3.05, 3.63) is 33.9 Å². The van der Waals surface area contributed by atoms with E-state index in [1.165, 1.54) is 12.1 Å². The van der Waals surface area contributed by atoms with Crippen LogP contribution in [0.4, 0.5) is 5.69 Å². The van der Waals surface area contributed by atoms with E-state index < -0.39 is 15.3 Å². The van der Waals surface area contributed by atoms with E-state index in [0.29, 0.717) is 12.2 Å². The van der Waals surface area contributed by atoms with Crippen LogP contribution in [-0.2, 0) is 30.7 Å². The van der Waals surface area contributed by atoms with Crippen LogP contribution in [0.1, 0.15) is 45.6 Å². The summed E-state index contributed by atoms with van der Waals surface area (Å²) in [6, 6.07) is 3.76. The Bertz CT molecular complexity index is 751. The van der Waals surface area contributed by atoms with Crippen LogP contribution in [0.25, 0.3) is 0 Å². The van der Waals surface area contributed by atoms with Crippen LogP contribution in [0, 0.1) is 15.5 Å². The van der Waals surface area contributed by atoms with E-state index in [1.807, 2.05) is 0 Å². The summed E-state index contributed by atoms with van der Waals surface area (Å²) in [6.45, 7) is 5.92. The molecule has 0 bridgehead atoms. The number of nitrogens with zero attached hydrogens (tertiary/aromatic N) is 1. The average molecular weight is 403 g/mol. The first-order valence-corrected chi connectivity index (χ1v) is 9.98. The standard InChI is InChI=1S/C17H25NO8S/c1-17(2,3)12-25-27(21,22)26-14-8-7-13(15(10-14)18(19)20)11-24-16-6-4-5-9-23-16/h7-8,10,16H,4-6,9,11-12H2,1-3H3. The first-order chi connectivity index (χ1) is 12.6. The van der Waals surface area contributed by atoms with Crippen LogP contribution in [-0.4, -0.2) is 32.8 Å². The summed E-state index contributed by atoms with van der Waals surface area (Å²) >= 11 is 0. The molecule has 9 nitrogen and oxygen atoms in total. The van der Waals surface area contributed by atoms with Crippen LogP contribution < -0.4 is 4.18 Å². The minimum absolute atomic E-state index is 0.0193. The summed E-state index contributed by atoms with van der Waals surface area (Å²) in [6.07, 6.45) is 2.29. The molecule has 0 radical (unpaired) electrons. The zero-order valence-electron chi connectivity index (χ0n) is 15.7. The van der Waals surface area contributed by atoms with Gasteiger partial charge in [-0.15, -0.1) is 0 Å². The molecule has 0 aromatic heterocycles. The van der Waals surface area contributed by atoms with Crippen molar-refractivity contribution in [2.24, 2.45) is 5.41 Å². The number of nitro benzene ring substituents is 1. The largest absolute Gasteiger partial charge is 0.449 e. The lowest BCUT2D eigenvalue weighted by Gasteiger charge is -2.22. The van der Waals surface area contributed by atoms with Crippen molar-refractivity contribution in [3.8, 4) is 5.75 Å². The lowest BCUT2D eigenvalue weighted by Crippen LogP contribution is -2.22. The van der Waals surface area contributed by atoms with Crippen LogP contribution in [0.3, 0.4) is 0 Å². The maximum Gasteiger partial charge on any atom is 0.449 e. The summed E-state index contributed by atoms with van der Waals surface area (Å²) in [7, 11) is -4.33. The fraction of sp³-hybridized carbons (Fsp3) is 0.647. The third-order valence-corrected chi connectivity index (χ3v) is 4.45. The molecule has 1 fully saturated rings. The molecule has 0 aliphatic carbocycles. The van der Waals surface area contributed by atoms with Gasteiger partial charge in [0.25, 0.3) is 5.69 Å². The average Bonchev–Trinajstić information content (AvgIpc) is 2.59. The number of nitro groups is 1. The van der Waals surface area contributed by atoms with E-state index in [4.69, 9.17) is 17.8 Å². The normalized spacial score (nSPS) is 18.3. The van der Waals surface area contributed by atoms with Crippen LogP contribution in [0.5, 0.6) is 5.75 Å². The number of ether oxygens (including phenoxy) is 2.